The van der Waals surface area contributed by atoms with Gasteiger partial charge in [0.1, 0.15) is 0 Å². The highest BCUT2D eigenvalue weighted by atomic mass is 14.9. The molecule has 0 bridgehead atoms. The Morgan fingerprint density at radius 2 is 1.83 bits per heavy atom. The topological polar surface area (TPSA) is 37.8 Å². The molecule has 3 heteroatoms. The first-order valence-corrected chi connectivity index (χ1v) is 6.85. The molecule has 0 atom stereocenters. The smallest absolute Gasteiger partial charge is 0.0724 e. The van der Waals surface area contributed by atoms with Gasteiger partial charge in [-0.05, 0) is 30.1 Å². The number of nitrogens with zero attached hydrogens (tertiary/aromatic N) is 2. The molecule has 1 fully saturated rings. The van der Waals surface area contributed by atoms with Crippen molar-refractivity contribution in [2.24, 2.45) is 10.8 Å². The molecule has 100 valence electrons. The van der Waals surface area contributed by atoms with E-state index in [1.807, 2.05) is 6.20 Å². The van der Waals surface area contributed by atoms with Gasteiger partial charge in [-0.15, -0.1) is 0 Å². The summed E-state index contributed by atoms with van der Waals surface area (Å²) in [5.41, 5.74) is 1.89. The summed E-state index contributed by atoms with van der Waals surface area (Å²) < 4.78 is 0. The summed E-state index contributed by atoms with van der Waals surface area (Å²) in [6, 6.07) is 0.589. The van der Waals surface area contributed by atoms with Gasteiger partial charge >= 0.3 is 0 Å². The van der Waals surface area contributed by atoms with Crippen LogP contribution in [0.3, 0.4) is 0 Å². The Morgan fingerprint density at radius 1 is 1.17 bits per heavy atom. The molecular formula is C15H25N3. The molecule has 1 aliphatic rings. The van der Waals surface area contributed by atoms with Gasteiger partial charge in [-0.3, -0.25) is 9.97 Å². The zero-order valence-corrected chi connectivity index (χ0v) is 12.0. The molecule has 0 amide bonds. The largest absolute Gasteiger partial charge is 0.308 e. The van der Waals surface area contributed by atoms with Crippen LogP contribution in [-0.4, -0.2) is 16.0 Å². The zero-order valence-electron chi connectivity index (χ0n) is 12.0. The number of hydrogen-bond acceptors (Lipinski definition) is 3. The maximum atomic E-state index is 4.31. The molecule has 0 saturated heterocycles. The van der Waals surface area contributed by atoms with Crippen LogP contribution in [0.2, 0.25) is 0 Å². The molecule has 1 aromatic heterocycles. The first kappa shape index (κ1) is 13.5. The minimum absolute atomic E-state index is 0.432. The molecule has 0 unspecified atom stereocenters. The van der Waals surface area contributed by atoms with Gasteiger partial charge in [0.05, 0.1) is 5.69 Å². The predicted molar refractivity (Wildman–Crippen MR) is 74.1 cm³/mol. The van der Waals surface area contributed by atoms with E-state index < -0.39 is 0 Å². The van der Waals surface area contributed by atoms with Gasteiger partial charge in [0.2, 0.25) is 0 Å². The molecule has 1 N–H and O–H groups in total. The van der Waals surface area contributed by atoms with E-state index in [9.17, 15) is 0 Å². The number of aromatic nitrogens is 2. The fourth-order valence-corrected chi connectivity index (χ4v) is 3.66. The highest BCUT2D eigenvalue weighted by Crippen LogP contribution is 2.45. The summed E-state index contributed by atoms with van der Waals surface area (Å²) >= 11 is 0. The highest BCUT2D eigenvalue weighted by molar-refractivity contribution is 4.97. The van der Waals surface area contributed by atoms with Crippen LogP contribution in [0.25, 0.3) is 0 Å². The lowest BCUT2D eigenvalue weighted by molar-refractivity contribution is 0.0843. The van der Waals surface area contributed by atoms with E-state index in [2.05, 4.69) is 43.0 Å². The van der Waals surface area contributed by atoms with Gasteiger partial charge in [0.25, 0.3) is 0 Å². The van der Waals surface area contributed by atoms with Crippen molar-refractivity contribution in [2.75, 3.05) is 0 Å². The maximum Gasteiger partial charge on any atom is 0.0724 e. The van der Waals surface area contributed by atoms with Crippen LogP contribution in [0.4, 0.5) is 0 Å². The molecule has 0 radical (unpaired) electrons. The van der Waals surface area contributed by atoms with E-state index in [1.165, 1.54) is 19.3 Å². The van der Waals surface area contributed by atoms with Crippen molar-refractivity contribution in [3.8, 4) is 0 Å². The van der Waals surface area contributed by atoms with Crippen molar-refractivity contribution < 1.29 is 0 Å². The van der Waals surface area contributed by atoms with Crippen molar-refractivity contribution >= 4 is 0 Å². The van der Waals surface area contributed by atoms with Crippen LogP contribution in [0.5, 0.6) is 0 Å². The highest BCUT2D eigenvalue weighted by Gasteiger charge is 2.38. The summed E-state index contributed by atoms with van der Waals surface area (Å²) in [4.78, 5) is 8.41. The van der Waals surface area contributed by atoms with Gasteiger partial charge in [0, 0.05) is 31.2 Å². The van der Waals surface area contributed by atoms with Crippen molar-refractivity contribution in [2.45, 2.75) is 59.5 Å². The van der Waals surface area contributed by atoms with Gasteiger partial charge in [-0.2, -0.15) is 0 Å². The summed E-state index contributed by atoms with van der Waals surface area (Å²) in [5.74, 6) is 0. The molecule has 0 spiro atoms. The van der Waals surface area contributed by atoms with Crippen LogP contribution in [0, 0.1) is 10.8 Å². The number of nitrogens with one attached hydrogen (secondary N) is 1. The molecule has 2 rings (SSSR count). The molecule has 18 heavy (non-hydrogen) atoms. The average Bonchev–Trinajstić information content (AvgIpc) is 2.24. The molecular weight excluding hydrogens is 222 g/mol. The average molecular weight is 247 g/mol. The summed E-state index contributed by atoms with van der Waals surface area (Å²) in [7, 11) is 0. The lowest BCUT2D eigenvalue weighted by Crippen LogP contribution is -2.43. The van der Waals surface area contributed by atoms with Crippen LogP contribution < -0.4 is 5.32 Å². The van der Waals surface area contributed by atoms with Crippen LogP contribution in [0.1, 0.15) is 52.7 Å². The molecule has 0 aromatic carbocycles. The third-order valence-electron chi connectivity index (χ3n) is 3.74. The Balaban J connectivity index is 1.93. The van der Waals surface area contributed by atoms with Crippen LogP contribution >= 0.6 is 0 Å². The van der Waals surface area contributed by atoms with Crippen molar-refractivity contribution in [3.63, 3.8) is 0 Å². The fourth-order valence-electron chi connectivity index (χ4n) is 3.66. The maximum absolute atomic E-state index is 4.31. The monoisotopic (exact) mass is 247 g/mol. The second-order valence-electron chi connectivity index (χ2n) is 7.19. The van der Waals surface area contributed by atoms with E-state index in [1.54, 1.807) is 12.4 Å². The Hall–Kier alpha value is -0.960. The summed E-state index contributed by atoms with van der Waals surface area (Å²) in [6.45, 7) is 10.3. The number of rotatable bonds is 3. The Morgan fingerprint density at radius 3 is 2.39 bits per heavy atom. The normalized spacial score (nSPS) is 22.9. The fraction of sp³-hybridized carbons (Fsp3) is 0.733. The molecule has 0 aliphatic heterocycles. The van der Waals surface area contributed by atoms with E-state index in [0.29, 0.717) is 16.9 Å². The van der Waals surface area contributed by atoms with E-state index in [-0.39, 0.29) is 0 Å². The summed E-state index contributed by atoms with van der Waals surface area (Å²) in [6.07, 6.45) is 9.12. The molecule has 1 heterocycles. The van der Waals surface area contributed by atoms with Crippen LogP contribution in [-0.2, 0) is 6.54 Å². The molecule has 1 saturated carbocycles. The van der Waals surface area contributed by atoms with E-state index in [0.717, 1.165) is 12.2 Å². The van der Waals surface area contributed by atoms with E-state index in [4.69, 9.17) is 0 Å². The van der Waals surface area contributed by atoms with Crippen molar-refractivity contribution in [3.05, 3.63) is 24.3 Å². The second-order valence-corrected chi connectivity index (χ2v) is 7.19. The van der Waals surface area contributed by atoms with Gasteiger partial charge in [-0.1, -0.05) is 27.7 Å². The first-order valence-electron chi connectivity index (χ1n) is 6.85. The first-order chi connectivity index (χ1) is 8.36. The van der Waals surface area contributed by atoms with Crippen molar-refractivity contribution in [1.29, 1.82) is 0 Å². The van der Waals surface area contributed by atoms with Crippen molar-refractivity contribution in [1.82, 2.24) is 15.3 Å². The molecule has 3 nitrogen and oxygen atoms in total. The molecule has 1 aromatic rings. The molecule has 1 aliphatic carbocycles. The van der Waals surface area contributed by atoms with Gasteiger partial charge in [0.15, 0.2) is 0 Å². The van der Waals surface area contributed by atoms with Gasteiger partial charge in [-0.25, -0.2) is 0 Å². The quantitative estimate of drug-likeness (QED) is 0.891. The number of hydrogen-bond donors (Lipinski definition) is 1. The Bertz CT molecular complexity index is 368. The van der Waals surface area contributed by atoms with Crippen LogP contribution in [0.15, 0.2) is 18.6 Å². The predicted octanol–water partition coefficient (Wildman–Crippen LogP) is 3.17. The van der Waals surface area contributed by atoms with Gasteiger partial charge < -0.3 is 5.32 Å². The SMILES string of the molecule is CC1(C)CC(NCc2cnccn2)CC(C)(C)C1. The standard InChI is InChI=1S/C15H25N3/c1-14(2)7-12(8-15(3,4)11-14)18-10-13-9-16-5-6-17-13/h5-6,9,12,18H,7-8,10-11H2,1-4H3. The lowest BCUT2D eigenvalue weighted by Gasteiger charge is -2.45. The Labute approximate surface area is 110 Å². The third kappa shape index (κ3) is 3.77. The van der Waals surface area contributed by atoms with E-state index >= 15 is 0 Å². The summed E-state index contributed by atoms with van der Waals surface area (Å²) in [5, 5.41) is 3.65. The lowest BCUT2D eigenvalue weighted by atomic mass is 9.63. The second kappa shape index (κ2) is 4.96. The Kier molecular flexibility index (Phi) is 3.71. The zero-order chi connectivity index (χ0) is 13.2. The minimum Gasteiger partial charge on any atom is -0.308 e. The minimum atomic E-state index is 0.432. The third-order valence-corrected chi connectivity index (χ3v) is 3.74.